The minimum Gasteiger partial charge on any atom is -0.373 e. The van der Waals surface area contributed by atoms with Crippen molar-refractivity contribution < 1.29 is 4.79 Å². The zero-order valence-electron chi connectivity index (χ0n) is 11.3. The van der Waals surface area contributed by atoms with Gasteiger partial charge in [0.1, 0.15) is 11.5 Å². The second kappa shape index (κ2) is 6.05. The average Bonchev–Trinajstić information content (AvgIpc) is 2.27. The number of hydrogen-bond donors (Lipinski definition) is 2. The third-order valence-electron chi connectivity index (χ3n) is 2.48. The first kappa shape index (κ1) is 14.8. The van der Waals surface area contributed by atoms with E-state index in [0.717, 1.165) is 6.42 Å². The highest BCUT2D eigenvalue weighted by Gasteiger charge is 2.14. The fourth-order valence-electron chi connectivity index (χ4n) is 1.38. The van der Waals surface area contributed by atoms with Crippen LogP contribution in [0, 0.1) is 5.41 Å². The number of nitrogens with one attached hydrogen (secondary N) is 2. The Morgan fingerprint density at radius 3 is 2.61 bits per heavy atom. The highest BCUT2D eigenvalue weighted by Crippen LogP contribution is 2.18. The lowest BCUT2D eigenvalue weighted by atomic mass is 9.92. The smallest absolute Gasteiger partial charge is 0.271 e. The van der Waals surface area contributed by atoms with Crippen LogP contribution in [-0.4, -0.2) is 24.5 Å². The molecule has 0 aliphatic rings. The molecule has 0 spiro atoms. The minimum atomic E-state index is -0.235. The summed E-state index contributed by atoms with van der Waals surface area (Å²) in [6, 6.07) is 3.40. The molecule has 0 saturated heterocycles. The minimum absolute atomic E-state index is 0.192. The van der Waals surface area contributed by atoms with E-state index in [1.54, 1.807) is 19.2 Å². The van der Waals surface area contributed by atoms with Crippen LogP contribution >= 0.6 is 11.6 Å². The fraction of sp³-hybridized carbons (Fsp3) is 0.538. The van der Waals surface area contributed by atoms with Crippen LogP contribution in [0.1, 0.15) is 37.7 Å². The van der Waals surface area contributed by atoms with E-state index in [1.165, 1.54) is 0 Å². The molecule has 1 aromatic heterocycles. The highest BCUT2D eigenvalue weighted by molar-refractivity contribution is 6.33. The molecule has 1 rings (SSSR count). The van der Waals surface area contributed by atoms with Gasteiger partial charge in [-0.15, -0.1) is 0 Å². The van der Waals surface area contributed by atoms with Crippen molar-refractivity contribution in [3.8, 4) is 0 Å². The Morgan fingerprint density at radius 1 is 1.39 bits per heavy atom. The van der Waals surface area contributed by atoms with E-state index in [1.807, 2.05) is 0 Å². The molecule has 18 heavy (non-hydrogen) atoms. The van der Waals surface area contributed by atoms with Gasteiger partial charge in [0.15, 0.2) is 0 Å². The molecule has 0 unspecified atom stereocenters. The zero-order chi connectivity index (χ0) is 13.8. The maximum Gasteiger partial charge on any atom is 0.271 e. The first-order valence-corrected chi connectivity index (χ1v) is 6.34. The van der Waals surface area contributed by atoms with Crippen molar-refractivity contribution in [2.24, 2.45) is 5.41 Å². The maximum absolute atomic E-state index is 11.9. The Kier molecular flexibility index (Phi) is 4.96. The van der Waals surface area contributed by atoms with Crippen LogP contribution in [0.5, 0.6) is 0 Å². The maximum atomic E-state index is 11.9. The first-order valence-electron chi connectivity index (χ1n) is 5.96. The van der Waals surface area contributed by atoms with Gasteiger partial charge in [0.25, 0.3) is 5.91 Å². The number of pyridine rings is 1. The molecule has 0 bridgehead atoms. The Bertz CT molecular complexity index is 427. The van der Waals surface area contributed by atoms with Gasteiger partial charge in [-0.3, -0.25) is 4.79 Å². The van der Waals surface area contributed by atoms with Crippen LogP contribution in [0.3, 0.4) is 0 Å². The van der Waals surface area contributed by atoms with Gasteiger partial charge in [-0.2, -0.15) is 0 Å². The van der Waals surface area contributed by atoms with Gasteiger partial charge in [0.2, 0.25) is 0 Å². The zero-order valence-corrected chi connectivity index (χ0v) is 12.1. The SMILES string of the molecule is CNc1ccc(Cl)c(C(=O)NCCC(C)(C)C)n1. The van der Waals surface area contributed by atoms with Crippen LogP contribution in [0.25, 0.3) is 0 Å². The summed E-state index contributed by atoms with van der Waals surface area (Å²) >= 11 is 5.97. The summed E-state index contributed by atoms with van der Waals surface area (Å²) in [5.74, 6) is 0.390. The molecule has 1 aromatic rings. The predicted octanol–water partition coefficient (Wildman–Crippen LogP) is 2.94. The summed E-state index contributed by atoms with van der Waals surface area (Å²) in [5, 5.41) is 6.08. The van der Waals surface area contributed by atoms with Crippen LogP contribution < -0.4 is 10.6 Å². The predicted molar refractivity (Wildman–Crippen MR) is 75.2 cm³/mol. The highest BCUT2D eigenvalue weighted by atomic mass is 35.5. The largest absolute Gasteiger partial charge is 0.373 e. The van der Waals surface area contributed by atoms with E-state index in [0.29, 0.717) is 17.4 Å². The third-order valence-corrected chi connectivity index (χ3v) is 2.78. The van der Waals surface area contributed by atoms with Gasteiger partial charge >= 0.3 is 0 Å². The van der Waals surface area contributed by atoms with Gasteiger partial charge in [0.05, 0.1) is 5.02 Å². The van der Waals surface area contributed by atoms with Crippen molar-refractivity contribution in [3.05, 3.63) is 22.8 Å². The lowest BCUT2D eigenvalue weighted by molar-refractivity contribution is 0.0945. The van der Waals surface area contributed by atoms with Gasteiger partial charge < -0.3 is 10.6 Å². The van der Waals surface area contributed by atoms with Crippen molar-refractivity contribution in [1.82, 2.24) is 10.3 Å². The van der Waals surface area contributed by atoms with Gasteiger partial charge in [-0.1, -0.05) is 32.4 Å². The van der Waals surface area contributed by atoms with E-state index in [9.17, 15) is 4.79 Å². The normalized spacial score (nSPS) is 11.2. The summed E-state index contributed by atoms with van der Waals surface area (Å²) in [4.78, 5) is 16.1. The summed E-state index contributed by atoms with van der Waals surface area (Å²) in [7, 11) is 1.75. The fourth-order valence-corrected chi connectivity index (χ4v) is 1.57. The number of hydrogen-bond acceptors (Lipinski definition) is 3. The van der Waals surface area contributed by atoms with E-state index in [4.69, 9.17) is 11.6 Å². The van der Waals surface area contributed by atoms with Crippen molar-refractivity contribution in [3.63, 3.8) is 0 Å². The number of amides is 1. The number of halogens is 1. The van der Waals surface area contributed by atoms with E-state index < -0.39 is 0 Å². The molecule has 2 N–H and O–H groups in total. The summed E-state index contributed by atoms with van der Waals surface area (Å²) in [6.45, 7) is 7.01. The Hall–Kier alpha value is -1.29. The van der Waals surface area contributed by atoms with Gasteiger partial charge in [-0.25, -0.2) is 4.98 Å². The van der Waals surface area contributed by atoms with Crippen LogP contribution in [0.4, 0.5) is 5.82 Å². The number of aromatic nitrogens is 1. The molecule has 0 fully saturated rings. The number of rotatable bonds is 4. The number of carbonyl (C=O) groups is 1. The van der Waals surface area contributed by atoms with Crippen LogP contribution in [0.2, 0.25) is 5.02 Å². The molecule has 0 aromatic carbocycles. The summed E-state index contributed by atoms with van der Waals surface area (Å²) in [6.07, 6.45) is 0.905. The van der Waals surface area contributed by atoms with Crippen LogP contribution in [0.15, 0.2) is 12.1 Å². The summed E-state index contributed by atoms with van der Waals surface area (Å²) in [5.41, 5.74) is 0.453. The molecule has 1 amide bonds. The Labute approximate surface area is 113 Å². The van der Waals surface area contributed by atoms with Gasteiger partial charge in [-0.05, 0) is 24.0 Å². The molecule has 0 aliphatic heterocycles. The quantitative estimate of drug-likeness (QED) is 0.884. The third kappa shape index (κ3) is 4.53. The molecule has 1 heterocycles. The number of anilines is 1. The molecule has 0 aliphatic carbocycles. The molecule has 5 heteroatoms. The number of carbonyl (C=O) groups excluding carboxylic acids is 1. The van der Waals surface area contributed by atoms with Crippen LogP contribution in [-0.2, 0) is 0 Å². The van der Waals surface area contributed by atoms with Crippen molar-refractivity contribution in [1.29, 1.82) is 0 Å². The Morgan fingerprint density at radius 2 is 2.06 bits per heavy atom. The van der Waals surface area contributed by atoms with Gasteiger partial charge in [0, 0.05) is 13.6 Å². The van der Waals surface area contributed by atoms with E-state index >= 15 is 0 Å². The topological polar surface area (TPSA) is 54.0 Å². The average molecular weight is 270 g/mol. The van der Waals surface area contributed by atoms with E-state index in [-0.39, 0.29) is 17.0 Å². The lowest BCUT2D eigenvalue weighted by Gasteiger charge is -2.18. The molecule has 4 nitrogen and oxygen atoms in total. The number of nitrogens with zero attached hydrogens (tertiary/aromatic N) is 1. The monoisotopic (exact) mass is 269 g/mol. The molecular weight excluding hydrogens is 250 g/mol. The Balaban J connectivity index is 2.66. The molecule has 100 valence electrons. The first-order chi connectivity index (χ1) is 8.33. The molecular formula is C13H20ClN3O. The second-order valence-electron chi connectivity index (χ2n) is 5.34. The summed E-state index contributed by atoms with van der Waals surface area (Å²) < 4.78 is 0. The molecule has 0 saturated carbocycles. The van der Waals surface area contributed by atoms with Crippen molar-refractivity contribution in [2.75, 3.05) is 18.9 Å². The van der Waals surface area contributed by atoms with Crippen molar-refractivity contribution in [2.45, 2.75) is 27.2 Å². The second-order valence-corrected chi connectivity index (χ2v) is 5.75. The van der Waals surface area contributed by atoms with Crippen molar-refractivity contribution >= 4 is 23.3 Å². The molecule has 0 atom stereocenters. The standard InChI is InChI=1S/C13H20ClN3O/c1-13(2,3)7-8-16-12(18)11-9(14)5-6-10(15-4)17-11/h5-6H,7-8H2,1-4H3,(H,15,17)(H,16,18). The molecule has 0 radical (unpaired) electrons. The lowest BCUT2D eigenvalue weighted by Crippen LogP contribution is -2.28. The van der Waals surface area contributed by atoms with E-state index in [2.05, 4.69) is 36.4 Å².